The van der Waals surface area contributed by atoms with Gasteiger partial charge in [-0.3, -0.25) is 19.5 Å². The van der Waals surface area contributed by atoms with Crippen molar-refractivity contribution in [1.29, 1.82) is 0 Å². The van der Waals surface area contributed by atoms with Gasteiger partial charge in [0.1, 0.15) is 22.8 Å². The molecule has 0 radical (unpaired) electrons. The highest BCUT2D eigenvalue weighted by molar-refractivity contribution is 6.11. The molecule has 0 saturated heterocycles. The SMILES string of the molecule is CN1C(=O)C2(NC(=O)c3cc(Oc4ccccc4F)ccn3)C3C(c4cccnc41)C32C. The number of nitrogens with zero attached hydrogens (tertiary/aromatic N) is 3. The Morgan fingerprint density at radius 2 is 1.94 bits per heavy atom. The van der Waals surface area contributed by atoms with Crippen molar-refractivity contribution in [2.24, 2.45) is 11.3 Å². The zero-order chi connectivity index (χ0) is 22.3. The number of pyridine rings is 2. The molecule has 2 aromatic heterocycles. The molecular formula is C24H19FN4O3. The summed E-state index contributed by atoms with van der Waals surface area (Å²) in [5.74, 6) is 0.0191. The number of hydrogen-bond acceptors (Lipinski definition) is 5. The fraction of sp³-hybridized carbons (Fsp3) is 0.250. The van der Waals surface area contributed by atoms with Crippen LogP contribution in [0, 0.1) is 17.2 Å². The minimum absolute atomic E-state index is 0.0252. The van der Waals surface area contributed by atoms with Gasteiger partial charge in [0.15, 0.2) is 11.6 Å². The van der Waals surface area contributed by atoms with Gasteiger partial charge < -0.3 is 10.1 Å². The Labute approximate surface area is 183 Å². The fourth-order valence-electron chi connectivity index (χ4n) is 5.51. The number of carbonyl (C=O) groups excluding carboxylic acids is 2. The molecule has 2 bridgehead atoms. The minimum Gasteiger partial charge on any atom is -0.454 e. The Kier molecular flexibility index (Phi) is 3.62. The molecule has 4 aliphatic rings. The third-order valence-corrected chi connectivity index (χ3v) is 7.20. The van der Waals surface area contributed by atoms with Gasteiger partial charge >= 0.3 is 0 Å². The molecule has 7 rings (SSSR count). The summed E-state index contributed by atoms with van der Waals surface area (Å²) in [5, 5.41) is 2.96. The van der Waals surface area contributed by atoms with Gasteiger partial charge in [0.2, 0.25) is 0 Å². The van der Waals surface area contributed by atoms with E-state index in [4.69, 9.17) is 4.74 Å². The maximum atomic E-state index is 13.9. The van der Waals surface area contributed by atoms with Crippen molar-refractivity contribution >= 4 is 17.6 Å². The molecular weight excluding hydrogens is 411 g/mol. The van der Waals surface area contributed by atoms with Crippen LogP contribution in [0.5, 0.6) is 11.5 Å². The van der Waals surface area contributed by atoms with Crippen LogP contribution in [0.1, 0.15) is 28.9 Å². The highest BCUT2D eigenvalue weighted by Gasteiger charge is 2.98. The molecule has 0 spiro atoms. The first-order valence-electron chi connectivity index (χ1n) is 10.3. The number of fused-ring (bicyclic) bond motifs is 1. The molecule has 1 aromatic carbocycles. The Hall–Kier alpha value is -3.81. The van der Waals surface area contributed by atoms with Crippen molar-refractivity contribution in [3.05, 3.63) is 78.0 Å². The van der Waals surface area contributed by atoms with E-state index < -0.39 is 17.3 Å². The second-order valence-corrected chi connectivity index (χ2v) is 8.69. The number of carbonyl (C=O) groups is 2. The number of likely N-dealkylation sites (N-methyl/N-ethyl adjacent to an activating group) is 1. The highest BCUT2D eigenvalue weighted by Crippen LogP contribution is 2.91. The van der Waals surface area contributed by atoms with Gasteiger partial charge in [-0.2, -0.15) is 0 Å². The number of amides is 2. The maximum absolute atomic E-state index is 13.9. The highest BCUT2D eigenvalue weighted by atomic mass is 19.1. The first kappa shape index (κ1) is 18.9. The van der Waals surface area contributed by atoms with E-state index in [0.29, 0.717) is 5.82 Å². The number of ether oxygens (including phenoxy) is 1. The predicted molar refractivity (Wildman–Crippen MR) is 113 cm³/mol. The number of benzene rings is 1. The summed E-state index contributed by atoms with van der Waals surface area (Å²) in [7, 11) is 1.69. The van der Waals surface area contributed by atoms with E-state index in [2.05, 4.69) is 15.3 Å². The van der Waals surface area contributed by atoms with Gasteiger partial charge in [-0.25, -0.2) is 9.37 Å². The summed E-state index contributed by atoms with van der Waals surface area (Å²) in [6, 6.07) is 12.9. The lowest BCUT2D eigenvalue weighted by Crippen LogP contribution is -2.56. The summed E-state index contributed by atoms with van der Waals surface area (Å²) in [5.41, 5.74) is -0.190. The van der Waals surface area contributed by atoms with Gasteiger partial charge in [0.25, 0.3) is 11.8 Å². The van der Waals surface area contributed by atoms with Gasteiger partial charge in [-0.15, -0.1) is 0 Å². The zero-order valence-electron chi connectivity index (χ0n) is 17.4. The summed E-state index contributed by atoms with van der Waals surface area (Å²) in [6.07, 6.45) is 3.08. The quantitative estimate of drug-likeness (QED) is 0.687. The molecule has 160 valence electrons. The molecule has 3 aromatic rings. The number of hydrogen-bond donors (Lipinski definition) is 1. The van der Waals surface area contributed by atoms with Crippen LogP contribution in [-0.2, 0) is 4.79 Å². The molecule has 2 amide bonds. The van der Waals surface area contributed by atoms with Crippen LogP contribution in [0.3, 0.4) is 0 Å². The van der Waals surface area contributed by atoms with Gasteiger partial charge in [-0.05, 0) is 29.8 Å². The van der Waals surface area contributed by atoms with Gasteiger partial charge in [0.05, 0.1) is 0 Å². The largest absolute Gasteiger partial charge is 0.454 e. The lowest BCUT2D eigenvalue weighted by atomic mass is 9.86. The Morgan fingerprint density at radius 3 is 2.72 bits per heavy atom. The first-order chi connectivity index (χ1) is 15.4. The number of halogens is 1. The van der Waals surface area contributed by atoms with Crippen molar-refractivity contribution in [3.8, 4) is 11.5 Å². The second-order valence-electron chi connectivity index (χ2n) is 8.69. The lowest BCUT2D eigenvalue weighted by molar-refractivity contribution is -0.123. The molecule has 7 nitrogen and oxygen atoms in total. The molecule has 4 unspecified atom stereocenters. The van der Waals surface area contributed by atoms with E-state index in [1.807, 2.05) is 19.1 Å². The summed E-state index contributed by atoms with van der Waals surface area (Å²) >= 11 is 0. The van der Waals surface area contributed by atoms with Crippen molar-refractivity contribution in [1.82, 2.24) is 15.3 Å². The van der Waals surface area contributed by atoms with Crippen LogP contribution < -0.4 is 15.0 Å². The lowest BCUT2D eigenvalue weighted by Gasteiger charge is -2.29. The molecule has 2 fully saturated rings. The van der Waals surface area contributed by atoms with Crippen LogP contribution in [0.15, 0.2) is 60.9 Å². The van der Waals surface area contributed by atoms with Crippen LogP contribution in [0.4, 0.5) is 10.2 Å². The number of para-hydroxylation sites is 1. The first-order valence-corrected chi connectivity index (χ1v) is 10.3. The van der Waals surface area contributed by atoms with Crippen molar-refractivity contribution in [2.45, 2.75) is 18.4 Å². The van der Waals surface area contributed by atoms with E-state index >= 15 is 0 Å². The molecule has 2 aliphatic carbocycles. The topological polar surface area (TPSA) is 84.4 Å². The predicted octanol–water partition coefficient (Wildman–Crippen LogP) is 3.29. The number of rotatable bonds is 4. The van der Waals surface area contributed by atoms with E-state index in [0.717, 1.165) is 5.56 Å². The van der Waals surface area contributed by atoms with Crippen LogP contribution in [0.25, 0.3) is 0 Å². The Morgan fingerprint density at radius 1 is 1.16 bits per heavy atom. The van der Waals surface area contributed by atoms with Crippen LogP contribution >= 0.6 is 0 Å². The number of anilines is 1. The number of aromatic nitrogens is 2. The average molecular weight is 430 g/mol. The molecule has 4 heterocycles. The van der Waals surface area contributed by atoms with Gasteiger partial charge in [-0.1, -0.05) is 25.1 Å². The smallest absolute Gasteiger partial charge is 0.270 e. The van der Waals surface area contributed by atoms with E-state index in [9.17, 15) is 14.0 Å². The summed E-state index contributed by atoms with van der Waals surface area (Å²) in [6.45, 7) is 2.03. The van der Waals surface area contributed by atoms with Crippen LogP contribution in [-0.4, -0.2) is 34.4 Å². The summed E-state index contributed by atoms with van der Waals surface area (Å²) in [4.78, 5) is 36.6. The molecule has 4 atom stereocenters. The van der Waals surface area contributed by atoms with E-state index in [1.54, 1.807) is 31.4 Å². The fourth-order valence-corrected chi connectivity index (χ4v) is 5.51. The van der Waals surface area contributed by atoms with Gasteiger partial charge in [0, 0.05) is 42.8 Å². The van der Waals surface area contributed by atoms with Crippen molar-refractivity contribution < 1.29 is 18.7 Å². The molecule has 8 heteroatoms. The average Bonchev–Trinajstić information content (AvgIpc) is 3.63. The van der Waals surface area contributed by atoms with Crippen LogP contribution in [0.2, 0.25) is 0 Å². The third-order valence-electron chi connectivity index (χ3n) is 7.20. The summed E-state index contributed by atoms with van der Waals surface area (Å²) < 4.78 is 19.5. The minimum atomic E-state index is -0.978. The van der Waals surface area contributed by atoms with Crippen molar-refractivity contribution in [3.63, 3.8) is 0 Å². The number of nitrogens with one attached hydrogen (secondary N) is 1. The monoisotopic (exact) mass is 430 g/mol. The molecule has 1 N–H and O–H groups in total. The Bertz CT molecular complexity index is 1310. The third kappa shape index (κ3) is 2.24. The normalized spacial score (nSPS) is 28.8. The maximum Gasteiger partial charge on any atom is 0.270 e. The molecule has 32 heavy (non-hydrogen) atoms. The van der Waals surface area contributed by atoms with E-state index in [-0.39, 0.29) is 40.4 Å². The van der Waals surface area contributed by atoms with Crippen molar-refractivity contribution in [2.75, 3.05) is 11.9 Å². The molecule has 2 aliphatic heterocycles. The van der Waals surface area contributed by atoms with E-state index in [1.165, 1.54) is 29.3 Å². The molecule has 2 saturated carbocycles. The Balaban J connectivity index is 1.27. The second kappa shape index (κ2) is 6.12. The zero-order valence-corrected chi connectivity index (χ0v) is 17.4. The standard InChI is InChI=1S/C24H19FN4O3/c1-23-18-14-6-5-10-27-20(14)29(2)22(31)24(23,19(18)23)28-21(30)16-12-13(9-11-26-16)32-17-8-4-3-7-15(17)25/h3-12,18-19H,1-2H3,(H,28,30).